The monoisotopic (exact) mass is 272 g/mol. The van der Waals surface area contributed by atoms with Gasteiger partial charge in [0.15, 0.2) is 0 Å². The van der Waals surface area contributed by atoms with E-state index in [0.29, 0.717) is 5.75 Å². The number of methoxy groups -OCH3 is 2. The standard InChI is InChI=1S/C17H20O3/c1-12-10-14(19-2)11-17(20-3)15(12)9-8-13-6-4-5-7-16(13)18/h4-7,10-11,18H,8-9H2,1-3H3. The summed E-state index contributed by atoms with van der Waals surface area (Å²) in [5.41, 5.74) is 3.23. The van der Waals surface area contributed by atoms with Crippen molar-refractivity contribution in [3.8, 4) is 17.2 Å². The molecule has 3 nitrogen and oxygen atoms in total. The van der Waals surface area contributed by atoms with Crippen molar-refractivity contribution in [3.63, 3.8) is 0 Å². The minimum absolute atomic E-state index is 0.345. The lowest BCUT2D eigenvalue weighted by Crippen LogP contribution is -2.00. The number of hydrogen-bond acceptors (Lipinski definition) is 3. The zero-order chi connectivity index (χ0) is 14.5. The van der Waals surface area contributed by atoms with E-state index < -0.39 is 0 Å². The largest absolute Gasteiger partial charge is 0.508 e. The first kappa shape index (κ1) is 14.3. The molecule has 2 aromatic carbocycles. The molecule has 0 aromatic heterocycles. The van der Waals surface area contributed by atoms with Crippen LogP contribution < -0.4 is 9.47 Å². The minimum Gasteiger partial charge on any atom is -0.508 e. The van der Waals surface area contributed by atoms with Crippen LogP contribution in [0.25, 0.3) is 0 Å². The van der Waals surface area contributed by atoms with E-state index in [4.69, 9.17) is 9.47 Å². The molecule has 0 spiro atoms. The zero-order valence-corrected chi connectivity index (χ0v) is 12.1. The fourth-order valence-corrected chi connectivity index (χ4v) is 2.36. The Kier molecular flexibility index (Phi) is 4.51. The maximum atomic E-state index is 9.82. The van der Waals surface area contributed by atoms with Crippen LogP contribution in [-0.2, 0) is 12.8 Å². The number of benzene rings is 2. The van der Waals surface area contributed by atoms with Crippen molar-refractivity contribution in [3.05, 3.63) is 53.1 Å². The Morgan fingerprint density at radius 3 is 2.40 bits per heavy atom. The third-order valence-corrected chi connectivity index (χ3v) is 3.50. The first-order valence-corrected chi connectivity index (χ1v) is 6.64. The number of para-hydroxylation sites is 1. The smallest absolute Gasteiger partial charge is 0.126 e. The minimum atomic E-state index is 0.345. The van der Waals surface area contributed by atoms with E-state index in [1.54, 1.807) is 20.3 Å². The lowest BCUT2D eigenvalue weighted by molar-refractivity contribution is 0.390. The van der Waals surface area contributed by atoms with Gasteiger partial charge in [-0.2, -0.15) is 0 Å². The predicted molar refractivity (Wildman–Crippen MR) is 79.8 cm³/mol. The molecule has 0 aliphatic carbocycles. The first-order valence-electron chi connectivity index (χ1n) is 6.64. The van der Waals surface area contributed by atoms with Gasteiger partial charge in [-0.05, 0) is 48.6 Å². The van der Waals surface area contributed by atoms with Gasteiger partial charge in [-0.1, -0.05) is 18.2 Å². The number of aromatic hydroxyl groups is 1. The topological polar surface area (TPSA) is 38.7 Å². The van der Waals surface area contributed by atoms with Crippen LogP contribution >= 0.6 is 0 Å². The molecule has 0 fully saturated rings. The van der Waals surface area contributed by atoms with Crippen LogP contribution in [0.2, 0.25) is 0 Å². The van der Waals surface area contributed by atoms with Crippen molar-refractivity contribution >= 4 is 0 Å². The highest BCUT2D eigenvalue weighted by Gasteiger charge is 2.10. The van der Waals surface area contributed by atoms with Crippen LogP contribution in [0, 0.1) is 6.92 Å². The van der Waals surface area contributed by atoms with Gasteiger partial charge in [0.1, 0.15) is 17.2 Å². The van der Waals surface area contributed by atoms with Gasteiger partial charge in [0, 0.05) is 6.07 Å². The molecule has 0 atom stereocenters. The van der Waals surface area contributed by atoms with E-state index >= 15 is 0 Å². The molecule has 0 saturated carbocycles. The lowest BCUT2D eigenvalue weighted by Gasteiger charge is -2.14. The summed E-state index contributed by atoms with van der Waals surface area (Å²) in [5.74, 6) is 1.97. The maximum Gasteiger partial charge on any atom is 0.126 e. The van der Waals surface area contributed by atoms with Crippen molar-refractivity contribution in [1.82, 2.24) is 0 Å². The van der Waals surface area contributed by atoms with E-state index in [2.05, 4.69) is 0 Å². The average Bonchev–Trinajstić information content (AvgIpc) is 2.46. The Labute approximate surface area is 119 Å². The molecule has 1 N–H and O–H groups in total. The first-order chi connectivity index (χ1) is 9.65. The zero-order valence-electron chi connectivity index (χ0n) is 12.1. The predicted octanol–water partition coefficient (Wildman–Crippen LogP) is 3.50. The Bertz CT molecular complexity index is 591. The Balaban J connectivity index is 2.23. The molecule has 0 unspecified atom stereocenters. The average molecular weight is 272 g/mol. The summed E-state index contributed by atoms with van der Waals surface area (Å²) < 4.78 is 10.7. The molecule has 106 valence electrons. The normalized spacial score (nSPS) is 10.3. The second-order valence-corrected chi connectivity index (χ2v) is 4.75. The summed E-state index contributed by atoms with van der Waals surface area (Å²) in [6, 6.07) is 11.3. The number of aryl methyl sites for hydroxylation is 2. The van der Waals surface area contributed by atoms with Crippen LogP contribution in [0.15, 0.2) is 36.4 Å². The van der Waals surface area contributed by atoms with E-state index in [1.807, 2.05) is 37.3 Å². The highest BCUT2D eigenvalue weighted by Crippen LogP contribution is 2.30. The molecular formula is C17H20O3. The summed E-state index contributed by atoms with van der Waals surface area (Å²) in [4.78, 5) is 0. The fraction of sp³-hybridized carbons (Fsp3) is 0.294. The quantitative estimate of drug-likeness (QED) is 0.905. The van der Waals surface area contributed by atoms with Gasteiger partial charge >= 0.3 is 0 Å². The summed E-state index contributed by atoms with van der Waals surface area (Å²) >= 11 is 0. The second kappa shape index (κ2) is 6.33. The van der Waals surface area contributed by atoms with Crippen LogP contribution in [0.4, 0.5) is 0 Å². The molecule has 0 amide bonds. The fourth-order valence-electron chi connectivity index (χ4n) is 2.36. The van der Waals surface area contributed by atoms with Crippen LogP contribution in [-0.4, -0.2) is 19.3 Å². The van der Waals surface area contributed by atoms with Crippen LogP contribution in [0.5, 0.6) is 17.2 Å². The van der Waals surface area contributed by atoms with Crippen molar-refractivity contribution in [2.24, 2.45) is 0 Å². The van der Waals surface area contributed by atoms with Crippen molar-refractivity contribution in [2.75, 3.05) is 14.2 Å². The van der Waals surface area contributed by atoms with Crippen LogP contribution in [0.3, 0.4) is 0 Å². The van der Waals surface area contributed by atoms with Crippen molar-refractivity contribution in [2.45, 2.75) is 19.8 Å². The van der Waals surface area contributed by atoms with Gasteiger partial charge in [-0.25, -0.2) is 0 Å². The summed E-state index contributed by atoms with van der Waals surface area (Å²) in [7, 11) is 3.31. The Morgan fingerprint density at radius 2 is 1.75 bits per heavy atom. The maximum absolute atomic E-state index is 9.82. The second-order valence-electron chi connectivity index (χ2n) is 4.75. The third kappa shape index (κ3) is 3.05. The molecule has 2 aromatic rings. The number of hydrogen-bond donors (Lipinski definition) is 1. The highest BCUT2D eigenvalue weighted by molar-refractivity contribution is 5.47. The van der Waals surface area contributed by atoms with E-state index in [9.17, 15) is 5.11 Å². The molecule has 0 heterocycles. The SMILES string of the molecule is COc1cc(C)c(CCc2ccccc2O)c(OC)c1. The van der Waals surface area contributed by atoms with Gasteiger partial charge in [0.05, 0.1) is 14.2 Å². The summed E-state index contributed by atoms with van der Waals surface area (Å²) in [6.07, 6.45) is 1.59. The van der Waals surface area contributed by atoms with Gasteiger partial charge < -0.3 is 14.6 Å². The van der Waals surface area contributed by atoms with Gasteiger partial charge in [-0.15, -0.1) is 0 Å². The van der Waals surface area contributed by atoms with E-state index in [0.717, 1.165) is 41.0 Å². The number of phenols is 1. The molecule has 2 rings (SSSR count). The molecule has 20 heavy (non-hydrogen) atoms. The molecule has 0 saturated heterocycles. The summed E-state index contributed by atoms with van der Waals surface area (Å²) in [5, 5.41) is 9.82. The number of ether oxygens (including phenoxy) is 2. The lowest BCUT2D eigenvalue weighted by atomic mass is 9.99. The Morgan fingerprint density at radius 1 is 1.00 bits per heavy atom. The molecule has 0 radical (unpaired) electrons. The number of rotatable bonds is 5. The Hall–Kier alpha value is -2.16. The van der Waals surface area contributed by atoms with Gasteiger partial charge in [0.2, 0.25) is 0 Å². The molecule has 3 heteroatoms. The van der Waals surface area contributed by atoms with E-state index in [-0.39, 0.29) is 0 Å². The molecule has 0 bridgehead atoms. The highest BCUT2D eigenvalue weighted by atomic mass is 16.5. The van der Waals surface area contributed by atoms with E-state index in [1.165, 1.54) is 0 Å². The molecule has 0 aliphatic rings. The van der Waals surface area contributed by atoms with Crippen molar-refractivity contribution < 1.29 is 14.6 Å². The van der Waals surface area contributed by atoms with Gasteiger partial charge in [0.25, 0.3) is 0 Å². The van der Waals surface area contributed by atoms with Crippen LogP contribution in [0.1, 0.15) is 16.7 Å². The number of phenolic OH excluding ortho intramolecular Hbond substituents is 1. The van der Waals surface area contributed by atoms with Crippen molar-refractivity contribution in [1.29, 1.82) is 0 Å². The summed E-state index contributed by atoms with van der Waals surface area (Å²) in [6.45, 7) is 2.05. The third-order valence-electron chi connectivity index (χ3n) is 3.50. The molecule has 0 aliphatic heterocycles. The molecular weight excluding hydrogens is 252 g/mol. The van der Waals surface area contributed by atoms with Gasteiger partial charge in [-0.3, -0.25) is 0 Å².